The molecule has 1 aliphatic rings. The molecule has 1 aliphatic heterocycles. The maximum atomic E-state index is 10.3. The second-order valence-electron chi connectivity index (χ2n) is 4.70. The molecule has 88 valence electrons. The van der Waals surface area contributed by atoms with Crippen LogP contribution in [0.4, 0.5) is 5.69 Å². The molecule has 0 saturated carbocycles. The van der Waals surface area contributed by atoms with Gasteiger partial charge >= 0.3 is 0 Å². The first-order chi connectivity index (χ1) is 7.68. The number of anilines is 1. The van der Waals surface area contributed by atoms with Gasteiger partial charge in [-0.1, -0.05) is 12.1 Å². The van der Waals surface area contributed by atoms with Crippen LogP contribution >= 0.6 is 0 Å². The number of piperidine rings is 1. The lowest BCUT2D eigenvalue weighted by Gasteiger charge is -2.33. The van der Waals surface area contributed by atoms with E-state index in [9.17, 15) is 5.11 Å². The van der Waals surface area contributed by atoms with E-state index >= 15 is 0 Å². The fourth-order valence-electron chi connectivity index (χ4n) is 2.09. The molecule has 0 spiro atoms. The van der Waals surface area contributed by atoms with Crippen molar-refractivity contribution in [2.24, 2.45) is 0 Å². The molecule has 3 N–H and O–H groups in total. The van der Waals surface area contributed by atoms with Gasteiger partial charge in [0.25, 0.3) is 0 Å². The van der Waals surface area contributed by atoms with E-state index in [1.807, 2.05) is 12.1 Å². The van der Waals surface area contributed by atoms with Gasteiger partial charge in [-0.3, -0.25) is 0 Å². The van der Waals surface area contributed by atoms with E-state index in [2.05, 4.69) is 29.7 Å². The molecule has 0 unspecified atom stereocenters. The van der Waals surface area contributed by atoms with E-state index in [-0.39, 0.29) is 0 Å². The molecule has 0 aliphatic carbocycles. The Kier molecular flexibility index (Phi) is 3.46. The lowest BCUT2D eigenvalue weighted by Crippen LogP contribution is -2.46. The number of nitrogens with one attached hydrogen (secondary N) is 2. The second-order valence-corrected chi connectivity index (χ2v) is 4.70. The van der Waals surface area contributed by atoms with Crippen LogP contribution in [0, 0.1) is 6.92 Å². The molecule has 1 fully saturated rings. The molecule has 0 aromatic heterocycles. The standard InChI is InChI=1S/C13H20N2O/c1-11-3-2-4-12(9-11)15-10-13(16)5-7-14-8-6-13/h2-4,9,14-16H,5-8,10H2,1H3. The molecule has 1 heterocycles. The van der Waals surface area contributed by atoms with Crippen molar-refractivity contribution in [1.29, 1.82) is 0 Å². The lowest BCUT2D eigenvalue weighted by atomic mass is 9.92. The predicted molar refractivity (Wildman–Crippen MR) is 66.7 cm³/mol. The maximum absolute atomic E-state index is 10.3. The summed E-state index contributed by atoms with van der Waals surface area (Å²) in [7, 11) is 0. The lowest BCUT2D eigenvalue weighted by molar-refractivity contribution is 0.0232. The van der Waals surface area contributed by atoms with Crippen LogP contribution in [0.3, 0.4) is 0 Å². The van der Waals surface area contributed by atoms with Gasteiger partial charge in [-0.15, -0.1) is 0 Å². The van der Waals surface area contributed by atoms with Gasteiger partial charge in [0.1, 0.15) is 0 Å². The molecule has 3 nitrogen and oxygen atoms in total. The van der Waals surface area contributed by atoms with Crippen molar-refractivity contribution in [3.8, 4) is 0 Å². The molecule has 1 saturated heterocycles. The number of aliphatic hydroxyl groups is 1. The van der Waals surface area contributed by atoms with E-state index in [1.165, 1.54) is 5.56 Å². The van der Waals surface area contributed by atoms with Gasteiger partial charge in [-0.25, -0.2) is 0 Å². The molecule has 2 rings (SSSR count). The summed E-state index contributed by atoms with van der Waals surface area (Å²) in [6.45, 7) is 4.53. The van der Waals surface area contributed by atoms with Crippen LogP contribution in [-0.4, -0.2) is 30.3 Å². The third kappa shape index (κ3) is 2.97. The van der Waals surface area contributed by atoms with Crippen molar-refractivity contribution >= 4 is 5.69 Å². The third-order valence-electron chi connectivity index (χ3n) is 3.17. The van der Waals surface area contributed by atoms with Gasteiger partial charge in [0, 0.05) is 12.2 Å². The van der Waals surface area contributed by atoms with Crippen LogP contribution in [-0.2, 0) is 0 Å². The Morgan fingerprint density at radius 1 is 1.38 bits per heavy atom. The van der Waals surface area contributed by atoms with E-state index in [1.54, 1.807) is 0 Å². The quantitative estimate of drug-likeness (QED) is 0.723. The normalized spacial score (nSPS) is 19.4. The number of hydrogen-bond acceptors (Lipinski definition) is 3. The highest BCUT2D eigenvalue weighted by atomic mass is 16.3. The Bertz CT molecular complexity index is 346. The average Bonchev–Trinajstić information content (AvgIpc) is 2.28. The highest BCUT2D eigenvalue weighted by Gasteiger charge is 2.28. The summed E-state index contributed by atoms with van der Waals surface area (Å²) < 4.78 is 0. The zero-order chi connectivity index (χ0) is 11.4. The molecule has 0 amide bonds. The molecular weight excluding hydrogens is 200 g/mol. The van der Waals surface area contributed by atoms with E-state index in [0.29, 0.717) is 6.54 Å². The summed E-state index contributed by atoms with van der Waals surface area (Å²) in [6.07, 6.45) is 1.65. The molecule has 16 heavy (non-hydrogen) atoms. The summed E-state index contributed by atoms with van der Waals surface area (Å²) >= 11 is 0. The molecule has 3 heteroatoms. The highest BCUT2D eigenvalue weighted by Crippen LogP contribution is 2.19. The Balaban J connectivity index is 1.91. The van der Waals surface area contributed by atoms with Gasteiger partial charge in [0.2, 0.25) is 0 Å². The molecule has 0 radical (unpaired) electrons. The van der Waals surface area contributed by atoms with Crippen LogP contribution < -0.4 is 10.6 Å². The predicted octanol–water partition coefficient (Wildman–Crippen LogP) is 1.52. The highest BCUT2D eigenvalue weighted by molar-refractivity contribution is 5.45. The van der Waals surface area contributed by atoms with Crippen LogP contribution in [0.2, 0.25) is 0 Å². The minimum atomic E-state index is -0.547. The maximum Gasteiger partial charge on any atom is 0.0843 e. The van der Waals surface area contributed by atoms with Gasteiger partial charge in [0.15, 0.2) is 0 Å². The zero-order valence-corrected chi connectivity index (χ0v) is 9.79. The van der Waals surface area contributed by atoms with Crippen LogP contribution in [0.15, 0.2) is 24.3 Å². The van der Waals surface area contributed by atoms with Crippen molar-refractivity contribution in [3.63, 3.8) is 0 Å². The van der Waals surface area contributed by atoms with Gasteiger partial charge in [0.05, 0.1) is 5.60 Å². The SMILES string of the molecule is Cc1cccc(NCC2(O)CCNCC2)c1. The number of benzene rings is 1. The smallest absolute Gasteiger partial charge is 0.0843 e. The van der Waals surface area contributed by atoms with Crippen LogP contribution in [0.25, 0.3) is 0 Å². The van der Waals surface area contributed by atoms with Crippen molar-refractivity contribution in [2.45, 2.75) is 25.4 Å². The fraction of sp³-hybridized carbons (Fsp3) is 0.538. The van der Waals surface area contributed by atoms with Crippen LogP contribution in [0.1, 0.15) is 18.4 Å². The fourth-order valence-corrected chi connectivity index (χ4v) is 2.09. The van der Waals surface area contributed by atoms with Crippen molar-refractivity contribution in [1.82, 2.24) is 5.32 Å². The first-order valence-electron chi connectivity index (χ1n) is 5.92. The summed E-state index contributed by atoms with van der Waals surface area (Å²) in [5.74, 6) is 0. The summed E-state index contributed by atoms with van der Waals surface area (Å²) in [5.41, 5.74) is 1.78. The van der Waals surface area contributed by atoms with E-state index in [4.69, 9.17) is 0 Å². The second kappa shape index (κ2) is 4.85. The largest absolute Gasteiger partial charge is 0.388 e. The van der Waals surface area contributed by atoms with E-state index < -0.39 is 5.60 Å². The Morgan fingerprint density at radius 3 is 2.81 bits per heavy atom. The van der Waals surface area contributed by atoms with Crippen LogP contribution in [0.5, 0.6) is 0 Å². The Morgan fingerprint density at radius 2 is 2.12 bits per heavy atom. The monoisotopic (exact) mass is 220 g/mol. The zero-order valence-electron chi connectivity index (χ0n) is 9.79. The summed E-state index contributed by atoms with van der Waals surface area (Å²) in [4.78, 5) is 0. The first-order valence-corrected chi connectivity index (χ1v) is 5.92. The van der Waals surface area contributed by atoms with Crippen molar-refractivity contribution in [2.75, 3.05) is 25.0 Å². The molecule has 1 aromatic rings. The van der Waals surface area contributed by atoms with Gasteiger partial charge < -0.3 is 15.7 Å². The molecule has 1 aromatic carbocycles. The minimum Gasteiger partial charge on any atom is -0.388 e. The number of rotatable bonds is 3. The summed E-state index contributed by atoms with van der Waals surface area (Å²) in [5, 5.41) is 16.9. The first kappa shape index (κ1) is 11.4. The van der Waals surface area contributed by atoms with Crippen molar-refractivity contribution in [3.05, 3.63) is 29.8 Å². The molecule has 0 bridgehead atoms. The van der Waals surface area contributed by atoms with E-state index in [0.717, 1.165) is 31.6 Å². The summed E-state index contributed by atoms with van der Waals surface area (Å²) in [6, 6.07) is 8.25. The van der Waals surface area contributed by atoms with Crippen molar-refractivity contribution < 1.29 is 5.11 Å². The topological polar surface area (TPSA) is 44.3 Å². The average molecular weight is 220 g/mol. The third-order valence-corrected chi connectivity index (χ3v) is 3.17. The number of hydrogen-bond donors (Lipinski definition) is 3. The number of aryl methyl sites for hydroxylation is 1. The van der Waals surface area contributed by atoms with Gasteiger partial charge in [-0.2, -0.15) is 0 Å². The molecular formula is C13H20N2O. The Hall–Kier alpha value is -1.06. The van der Waals surface area contributed by atoms with Gasteiger partial charge in [-0.05, 0) is 50.6 Å². The Labute approximate surface area is 96.9 Å². The molecule has 0 atom stereocenters. The minimum absolute atomic E-state index is 0.547.